The minimum Gasteiger partial charge on any atom is -0.353 e. The van der Waals surface area contributed by atoms with E-state index in [-0.39, 0.29) is 16.8 Å². The Bertz CT molecular complexity index is 737. The van der Waals surface area contributed by atoms with Gasteiger partial charge in [-0.1, -0.05) is 25.4 Å². The Kier molecular flexibility index (Phi) is 7.70. The summed E-state index contributed by atoms with van der Waals surface area (Å²) < 4.78 is 38.3. The fraction of sp³-hybridized carbons (Fsp3) is 0.611. The summed E-state index contributed by atoms with van der Waals surface area (Å²) in [6.45, 7) is 7.88. The third-order valence-electron chi connectivity index (χ3n) is 4.60. The van der Waals surface area contributed by atoms with Crippen molar-refractivity contribution in [2.75, 3.05) is 37.6 Å². The zero-order valence-corrected chi connectivity index (χ0v) is 17.3. The molecule has 1 fully saturated rings. The Hall–Kier alpha value is -2.07. The van der Waals surface area contributed by atoms with Gasteiger partial charge < -0.3 is 10.2 Å². The van der Waals surface area contributed by atoms with Crippen molar-refractivity contribution in [2.24, 2.45) is 5.92 Å². The zero-order valence-electron chi connectivity index (χ0n) is 16.5. The number of rotatable bonds is 5. The first-order chi connectivity index (χ1) is 13.5. The second-order valence-corrected chi connectivity index (χ2v) is 7.73. The first kappa shape index (κ1) is 23.2. The molecule has 29 heavy (non-hydrogen) atoms. The summed E-state index contributed by atoms with van der Waals surface area (Å²) in [4.78, 5) is 31.5. The van der Waals surface area contributed by atoms with E-state index in [4.69, 9.17) is 11.6 Å². The molecular weight excluding hydrogens is 411 g/mol. The number of alkyl halides is 3. The molecule has 0 bridgehead atoms. The molecule has 1 unspecified atom stereocenters. The van der Waals surface area contributed by atoms with Crippen molar-refractivity contribution in [3.05, 3.63) is 22.8 Å². The van der Waals surface area contributed by atoms with Crippen LogP contribution in [-0.4, -0.2) is 60.6 Å². The highest BCUT2D eigenvalue weighted by molar-refractivity contribution is 6.33. The summed E-state index contributed by atoms with van der Waals surface area (Å²) in [5, 5.41) is 4.87. The molecule has 2 heterocycles. The van der Waals surface area contributed by atoms with E-state index < -0.39 is 29.7 Å². The second-order valence-electron chi connectivity index (χ2n) is 7.32. The molecule has 0 aromatic carbocycles. The SMILES string of the molecule is CC(C)CNC(=O)NC(=O)C(C)N1CCN(c2ncc(C(F)(F)F)cc2Cl)CC1. The summed E-state index contributed by atoms with van der Waals surface area (Å²) in [6.07, 6.45) is -3.74. The van der Waals surface area contributed by atoms with Crippen LogP contribution in [-0.2, 0) is 11.0 Å². The quantitative estimate of drug-likeness (QED) is 0.743. The average Bonchev–Trinajstić information content (AvgIpc) is 2.65. The molecule has 3 amide bonds. The van der Waals surface area contributed by atoms with Gasteiger partial charge in [-0.15, -0.1) is 0 Å². The topological polar surface area (TPSA) is 77.6 Å². The van der Waals surface area contributed by atoms with Crippen LogP contribution in [0.3, 0.4) is 0 Å². The van der Waals surface area contributed by atoms with Gasteiger partial charge in [-0.3, -0.25) is 15.0 Å². The lowest BCUT2D eigenvalue weighted by Crippen LogP contribution is -2.55. The summed E-state index contributed by atoms with van der Waals surface area (Å²) in [5.41, 5.74) is -0.897. The van der Waals surface area contributed by atoms with E-state index >= 15 is 0 Å². The van der Waals surface area contributed by atoms with E-state index in [1.165, 1.54) is 0 Å². The van der Waals surface area contributed by atoms with Gasteiger partial charge in [-0.2, -0.15) is 13.2 Å². The smallest absolute Gasteiger partial charge is 0.353 e. The van der Waals surface area contributed by atoms with E-state index in [1.54, 1.807) is 11.8 Å². The normalized spacial score (nSPS) is 16.6. The summed E-state index contributed by atoms with van der Waals surface area (Å²) in [7, 11) is 0. The lowest BCUT2D eigenvalue weighted by atomic mass is 10.2. The third-order valence-corrected chi connectivity index (χ3v) is 4.88. The lowest BCUT2D eigenvalue weighted by molar-refractivity contribution is -0.137. The van der Waals surface area contributed by atoms with Crippen molar-refractivity contribution in [3.8, 4) is 0 Å². The number of amides is 3. The van der Waals surface area contributed by atoms with E-state index in [9.17, 15) is 22.8 Å². The minimum atomic E-state index is -4.50. The predicted molar refractivity (Wildman–Crippen MR) is 104 cm³/mol. The van der Waals surface area contributed by atoms with E-state index in [0.717, 1.165) is 12.3 Å². The number of nitrogens with one attached hydrogen (secondary N) is 2. The van der Waals surface area contributed by atoms with Crippen molar-refractivity contribution in [2.45, 2.75) is 33.0 Å². The van der Waals surface area contributed by atoms with E-state index in [0.29, 0.717) is 32.7 Å². The fourth-order valence-corrected chi connectivity index (χ4v) is 3.15. The molecule has 1 saturated heterocycles. The van der Waals surface area contributed by atoms with Crippen LogP contribution in [0.5, 0.6) is 0 Å². The number of aromatic nitrogens is 1. The number of nitrogens with zero attached hydrogens (tertiary/aromatic N) is 3. The van der Waals surface area contributed by atoms with E-state index in [1.807, 2.05) is 18.7 Å². The van der Waals surface area contributed by atoms with Gasteiger partial charge in [0.1, 0.15) is 5.82 Å². The minimum absolute atomic E-state index is 0.0686. The molecule has 1 atom stereocenters. The van der Waals surface area contributed by atoms with Crippen LogP contribution in [0, 0.1) is 5.92 Å². The molecule has 0 spiro atoms. The number of hydrogen-bond donors (Lipinski definition) is 2. The van der Waals surface area contributed by atoms with Crippen LogP contribution < -0.4 is 15.5 Å². The number of hydrogen-bond acceptors (Lipinski definition) is 5. The fourth-order valence-electron chi connectivity index (χ4n) is 2.86. The molecular formula is C18H25ClF3N5O2. The van der Waals surface area contributed by atoms with Gasteiger partial charge in [0, 0.05) is 38.9 Å². The third kappa shape index (κ3) is 6.46. The second kappa shape index (κ2) is 9.62. The number of urea groups is 1. The highest BCUT2D eigenvalue weighted by Gasteiger charge is 2.33. The van der Waals surface area contributed by atoms with Gasteiger partial charge in [0.2, 0.25) is 5.91 Å². The van der Waals surface area contributed by atoms with Crippen molar-refractivity contribution >= 4 is 29.4 Å². The first-order valence-corrected chi connectivity index (χ1v) is 9.67. The Morgan fingerprint density at radius 2 is 1.83 bits per heavy atom. The Morgan fingerprint density at radius 1 is 1.21 bits per heavy atom. The van der Waals surface area contributed by atoms with Gasteiger partial charge in [0.15, 0.2) is 0 Å². The van der Waals surface area contributed by atoms with E-state index in [2.05, 4.69) is 15.6 Å². The van der Waals surface area contributed by atoms with Crippen LogP contribution in [0.2, 0.25) is 5.02 Å². The number of pyridine rings is 1. The van der Waals surface area contributed by atoms with Crippen LogP contribution in [0.15, 0.2) is 12.3 Å². The summed E-state index contributed by atoms with van der Waals surface area (Å²) >= 11 is 6.00. The monoisotopic (exact) mass is 435 g/mol. The molecule has 1 aliphatic rings. The van der Waals surface area contributed by atoms with Gasteiger partial charge in [0.25, 0.3) is 0 Å². The molecule has 11 heteroatoms. The van der Waals surface area contributed by atoms with Crippen molar-refractivity contribution < 1.29 is 22.8 Å². The van der Waals surface area contributed by atoms with Gasteiger partial charge in [0.05, 0.1) is 16.6 Å². The molecule has 1 aliphatic heterocycles. The maximum absolute atomic E-state index is 12.8. The molecule has 0 saturated carbocycles. The first-order valence-electron chi connectivity index (χ1n) is 9.29. The number of piperazine rings is 1. The lowest BCUT2D eigenvalue weighted by Gasteiger charge is -2.38. The standard InChI is InChI=1S/C18H25ClF3N5O2/c1-11(2)9-24-17(29)25-16(28)12(3)26-4-6-27(7-5-26)15-14(19)8-13(10-23-15)18(20,21)22/h8,10-12H,4-7,9H2,1-3H3,(H2,24,25,28,29). The average molecular weight is 436 g/mol. The van der Waals surface area contributed by atoms with Crippen molar-refractivity contribution in [1.82, 2.24) is 20.5 Å². The summed E-state index contributed by atoms with van der Waals surface area (Å²) in [5.74, 6) is 0.141. The van der Waals surface area contributed by atoms with Crippen molar-refractivity contribution in [3.63, 3.8) is 0 Å². The molecule has 1 aromatic heterocycles. The number of carbonyl (C=O) groups is 2. The summed E-state index contributed by atoms with van der Waals surface area (Å²) in [6, 6.07) is -0.199. The van der Waals surface area contributed by atoms with Crippen LogP contribution in [0.25, 0.3) is 0 Å². The zero-order chi connectivity index (χ0) is 21.8. The van der Waals surface area contributed by atoms with Crippen molar-refractivity contribution in [1.29, 1.82) is 0 Å². The molecule has 162 valence electrons. The number of imide groups is 1. The van der Waals surface area contributed by atoms with Crippen LogP contribution >= 0.6 is 11.6 Å². The number of halogens is 4. The molecule has 1 aromatic rings. The number of carbonyl (C=O) groups excluding carboxylic acids is 2. The van der Waals surface area contributed by atoms with Crippen LogP contribution in [0.4, 0.5) is 23.8 Å². The Morgan fingerprint density at radius 3 is 2.34 bits per heavy atom. The molecule has 2 rings (SSSR count). The molecule has 0 radical (unpaired) electrons. The van der Waals surface area contributed by atoms with Crippen LogP contribution in [0.1, 0.15) is 26.3 Å². The number of anilines is 1. The molecule has 0 aliphatic carbocycles. The Labute approximate surface area is 172 Å². The maximum Gasteiger partial charge on any atom is 0.417 e. The Balaban J connectivity index is 1.90. The molecule has 7 nitrogen and oxygen atoms in total. The predicted octanol–water partition coefficient (Wildman–Crippen LogP) is 2.75. The highest BCUT2D eigenvalue weighted by atomic mass is 35.5. The van der Waals surface area contributed by atoms with Gasteiger partial charge in [-0.25, -0.2) is 9.78 Å². The van der Waals surface area contributed by atoms with Gasteiger partial charge >= 0.3 is 12.2 Å². The highest BCUT2D eigenvalue weighted by Crippen LogP contribution is 2.33. The maximum atomic E-state index is 12.8. The molecule has 2 N–H and O–H groups in total. The van der Waals surface area contributed by atoms with Gasteiger partial charge in [-0.05, 0) is 18.9 Å². The largest absolute Gasteiger partial charge is 0.417 e.